The van der Waals surface area contributed by atoms with E-state index in [0.29, 0.717) is 6.54 Å². The Balaban J connectivity index is 2.07. The monoisotopic (exact) mass is 276 g/mol. The van der Waals surface area contributed by atoms with E-state index in [9.17, 15) is 0 Å². The molecule has 0 aliphatic heterocycles. The van der Waals surface area contributed by atoms with Gasteiger partial charge in [-0.3, -0.25) is 4.90 Å². The maximum Gasteiger partial charge on any atom is 0.123 e. The van der Waals surface area contributed by atoms with E-state index in [4.69, 9.17) is 5.11 Å². The van der Waals surface area contributed by atoms with Gasteiger partial charge in [-0.25, -0.2) is 4.98 Å². The van der Waals surface area contributed by atoms with E-state index in [0.717, 1.165) is 23.7 Å². The molecule has 19 heavy (non-hydrogen) atoms. The van der Waals surface area contributed by atoms with E-state index >= 15 is 0 Å². The molecule has 0 saturated heterocycles. The largest absolute Gasteiger partial charge is 0.395 e. The quantitative estimate of drug-likeness (QED) is 0.881. The normalized spacial score (nSPS) is 11.2. The minimum absolute atomic E-state index is 0.186. The van der Waals surface area contributed by atoms with Crippen molar-refractivity contribution in [3.8, 4) is 10.6 Å². The third-order valence-electron chi connectivity index (χ3n) is 3.07. The summed E-state index contributed by atoms with van der Waals surface area (Å²) in [5.41, 5.74) is 3.59. The number of aromatic nitrogens is 1. The van der Waals surface area contributed by atoms with E-state index < -0.39 is 0 Å². The van der Waals surface area contributed by atoms with Crippen LogP contribution < -0.4 is 0 Å². The van der Waals surface area contributed by atoms with Crippen molar-refractivity contribution in [3.63, 3.8) is 0 Å². The van der Waals surface area contributed by atoms with Crippen LogP contribution in [-0.4, -0.2) is 35.2 Å². The van der Waals surface area contributed by atoms with Crippen LogP contribution >= 0.6 is 11.3 Å². The fraction of sp³-hybridized carbons (Fsp3) is 0.400. The van der Waals surface area contributed by atoms with E-state index in [-0.39, 0.29) is 6.61 Å². The summed E-state index contributed by atoms with van der Waals surface area (Å²) in [5, 5.41) is 12.0. The van der Waals surface area contributed by atoms with Crippen molar-refractivity contribution in [1.82, 2.24) is 9.88 Å². The molecule has 2 aromatic rings. The van der Waals surface area contributed by atoms with Gasteiger partial charge in [0, 0.05) is 24.0 Å². The maximum atomic E-state index is 8.89. The third-order valence-corrected chi connectivity index (χ3v) is 4.01. The molecule has 3 nitrogen and oxygen atoms in total. The lowest BCUT2D eigenvalue weighted by Gasteiger charge is -2.12. The molecule has 1 aromatic carbocycles. The highest BCUT2D eigenvalue weighted by molar-refractivity contribution is 7.13. The van der Waals surface area contributed by atoms with E-state index in [1.54, 1.807) is 11.3 Å². The SMILES string of the molecule is CCc1ccc(-c2nc(CN(C)CCO)cs2)cc1. The van der Waals surface area contributed by atoms with Crippen LogP contribution in [0.5, 0.6) is 0 Å². The molecule has 0 radical (unpaired) electrons. The molecular formula is C15H20N2OS. The first-order valence-electron chi connectivity index (χ1n) is 6.56. The summed E-state index contributed by atoms with van der Waals surface area (Å²) < 4.78 is 0. The van der Waals surface area contributed by atoms with Crippen molar-refractivity contribution in [2.75, 3.05) is 20.2 Å². The summed E-state index contributed by atoms with van der Waals surface area (Å²) in [6, 6.07) is 8.60. The standard InChI is InChI=1S/C15H20N2OS/c1-3-12-4-6-13(7-5-12)15-16-14(11-19-15)10-17(2)8-9-18/h4-7,11,18H,3,8-10H2,1-2H3. The highest BCUT2D eigenvalue weighted by Crippen LogP contribution is 2.24. The highest BCUT2D eigenvalue weighted by Gasteiger charge is 2.06. The molecular weight excluding hydrogens is 256 g/mol. The van der Waals surface area contributed by atoms with Crippen LogP contribution in [0, 0.1) is 0 Å². The highest BCUT2D eigenvalue weighted by atomic mass is 32.1. The number of likely N-dealkylation sites (N-methyl/N-ethyl adjacent to an activating group) is 1. The molecule has 0 aliphatic carbocycles. The topological polar surface area (TPSA) is 36.4 Å². The van der Waals surface area contributed by atoms with Crippen LogP contribution in [0.4, 0.5) is 0 Å². The van der Waals surface area contributed by atoms with E-state index in [2.05, 4.69) is 46.5 Å². The Morgan fingerprint density at radius 2 is 2.00 bits per heavy atom. The van der Waals surface area contributed by atoms with Gasteiger partial charge in [0.25, 0.3) is 0 Å². The predicted molar refractivity (Wildman–Crippen MR) is 80.3 cm³/mol. The second kappa shape index (κ2) is 6.80. The van der Waals surface area contributed by atoms with Crippen molar-refractivity contribution in [1.29, 1.82) is 0 Å². The van der Waals surface area contributed by atoms with Crippen molar-refractivity contribution >= 4 is 11.3 Å². The van der Waals surface area contributed by atoms with Gasteiger partial charge in [0.1, 0.15) is 5.01 Å². The van der Waals surface area contributed by atoms with E-state index in [1.165, 1.54) is 11.1 Å². The predicted octanol–water partition coefficient (Wildman–Crippen LogP) is 2.80. The lowest BCUT2D eigenvalue weighted by Crippen LogP contribution is -2.21. The summed E-state index contributed by atoms with van der Waals surface area (Å²) in [5.74, 6) is 0. The number of aliphatic hydroxyl groups excluding tert-OH is 1. The molecule has 4 heteroatoms. The van der Waals surface area contributed by atoms with E-state index in [1.807, 2.05) is 7.05 Å². The van der Waals surface area contributed by atoms with Gasteiger partial charge in [-0.15, -0.1) is 11.3 Å². The first-order valence-corrected chi connectivity index (χ1v) is 7.44. The lowest BCUT2D eigenvalue weighted by molar-refractivity contribution is 0.216. The average Bonchev–Trinajstić information content (AvgIpc) is 2.87. The number of aliphatic hydroxyl groups is 1. The molecule has 1 N–H and O–H groups in total. The molecule has 2 rings (SSSR count). The summed E-state index contributed by atoms with van der Waals surface area (Å²) in [7, 11) is 1.99. The zero-order chi connectivity index (χ0) is 13.7. The van der Waals surface area contributed by atoms with Crippen LogP contribution in [-0.2, 0) is 13.0 Å². The summed E-state index contributed by atoms with van der Waals surface area (Å²) in [4.78, 5) is 6.72. The number of aryl methyl sites for hydroxylation is 1. The van der Waals surface area contributed by atoms with Crippen LogP contribution in [0.2, 0.25) is 0 Å². The van der Waals surface area contributed by atoms with Crippen LogP contribution in [0.25, 0.3) is 10.6 Å². The molecule has 0 spiro atoms. The van der Waals surface area contributed by atoms with Crippen LogP contribution in [0.15, 0.2) is 29.6 Å². The Hall–Kier alpha value is -1.23. The first-order chi connectivity index (χ1) is 9.22. The smallest absolute Gasteiger partial charge is 0.123 e. The number of hydrogen-bond donors (Lipinski definition) is 1. The lowest BCUT2D eigenvalue weighted by atomic mass is 10.1. The minimum atomic E-state index is 0.186. The molecule has 0 bridgehead atoms. The molecule has 0 amide bonds. The van der Waals surface area contributed by atoms with Gasteiger partial charge in [0.05, 0.1) is 12.3 Å². The maximum absolute atomic E-state index is 8.89. The van der Waals surface area contributed by atoms with Crippen LogP contribution in [0.1, 0.15) is 18.2 Å². The summed E-state index contributed by atoms with van der Waals surface area (Å²) >= 11 is 1.68. The van der Waals surface area contributed by atoms with Crippen molar-refractivity contribution in [3.05, 3.63) is 40.9 Å². The van der Waals surface area contributed by atoms with Gasteiger partial charge in [-0.1, -0.05) is 31.2 Å². The Morgan fingerprint density at radius 3 is 2.63 bits per heavy atom. The molecule has 0 aliphatic rings. The average molecular weight is 276 g/mol. The van der Waals surface area contributed by atoms with Gasteiger partial charge in [0.15, 0.2) is 0 Å². The molecule has 102 valence electrons. The van der Waals surface area contributed by atoms with Crippen molar-refractivity contribution < 1.29 is 5.11 Å². The van der Waals surface area contributed by atoms with Gasteiger partial charge < -0.3 is 5.11 Å². The Bertz CT molecular complexity index is 507. The molecule has 0 saturated carbocycles. The fourth-order valence-electron chi connectivity index (χ4n) is 1.92. The second-order valence-electron chi connectivity index (χ2n) is 4.66. The van der Waals surface area contributed by atoms with Gasteiger partial charge in [-0.05, 0) is 19.0 Å². The van der Waals surface area contributed by atoms with Gasteiger partial charge in [-0.2, -0.15) is 0 Å². The number of rotatable bonds is 6. The minimum Gasteiger partial charge on any atom is -0.395 e. The third kappa shape index (κ3) is 3.86. The number of hydrogen-bond acceptors (Lipinski definition) is 4. The zero-order valence-corrected chi connectivity index (χ0v) is 12.3. The second-order valence-corrected chi connectivity index (χ2v) is 5.51. The van der Waals surface area contributed by atoms with Crippen LogP contribution in [0.3, 0.4) is 0 Å². The van der Waals surface area contributed by atoms with Crippen molar-refractivity contribution in [2.45, 2.75) is 19.9 Å². The zero-order valence-electron chi connectivity index (χ0n) is 11.5. The first kappa shape index (κ1) is 14.2. The fourth-order valence-corrected chi connectivity index (χ4v) is 2.74. The molecule has 0 fully saturated rings. The summed E-state index contributed by atoms with van der Waals surface area (Å²) in [6.07, 6.45) is 1.06. The number of benzene rings is 1. The Morgan fingerprint density at radius 1 is 1.26 bits per heavy atom. The molecule has 0 unspecified atom stereocenters. The Labute approximate surface area is 118 Å². The summed E-state index contributed by atoms with van der Waals surface area (Å²) in [6.45, 7) is 3.81. The number of thiazole rings is 1. The molecule has 1 heterocycles. The number of nitrogens with zero attached hydrogens (tertiary/aromatic N) is 2. The molecule has 0 atom stereocenters. The van der Waals surface area contributed by atoms with Gasteiger partial charge >= 0.3 is 0 Å². The Kier molecular flexibility index (Phi) is 5.07. The van der Waals surface area contributed by atoms with Gasteiger partial charge in [0.2, 0.25) is 0 Å². The molecule has 1 aromatic heterocycles. The van der Waals surface area contributed by atoms with Crippen molar-refractivity contribution in [2.24, 2.45) is 0 Å².